The van der Waals surface area contributed by atoms with E-state index in [9.17, 15) is 4.39 Å². The molecule has 2 rings (SSSR count). The first kappa shape index (κ1) is 13.3. The molecule has 0 radical (unpaired) electrons. The predicted molar refractivity (Wildman–Crippen MR) is 77.5 cm³/mol. The average Bonchev–Trinajstić information content (AvgIpc) is 2.35. The van der Waals surface area contributed by atoms with Crippen LogP contribution in [0.1, 0.15) is 18.1 Å². The van der Waals surface area contributed by atoms with Gasteiger partial charge >= 0.3 is 0 Å². The molecule has 2 nitrogen and oxygen atoms in total. The number of rotatable bonds is 3. The molecule has 3 heteroatoms. The topological polar surface area (TPSA) is 24.9 Å². The Morgan fingerprint density at radius 3 is 2.42 bits per heavy atom. The molecule has 98 valence electrons. The maximum atomic E-state index is 13.3. The molecule has 2 aromatic rings. The molecule has 0 amide bonds. The molecule has 0 aliphatic rings. The highest BCUT2D eigenvalue weighted by molar-refractivity contribution is 5.66. The van der Waals surface area contributed by atoms with Crippen LogP contribution in [-0.4, -0.2) is 4.98 Å². The number of anilines is 1. The molecule has 0 saturated heterocycles. The van der Waals surface area contributed by atoms with Crippen molar-refractivity contribution in [3.63, 3.8) is 0 Å². The van der Waals surface area contributed by atoms with E-state index in [4.69, 9.17) is 0 Å². The van der Waals surface area contributed by atoms with Crippen LogP contribution in [0.2, 0.25) is 0 Å². The summed E-state index contributed by atoms with van der Waals surface area (Å²) >= 11 is 0. The largest absolute Gasteiger partial charge is 0.344 e. The Labute approximate surface area is 113 Å². The summed E-state index contributed by atoms with van der Waals surface area (Å²) in [6.45, 7) is 9.43. The average molecular weight is 256 g/mol. The summed E-state index contributed by atoms with van der Waals surface area (Å²) in [6.07, 6.45) is 1.78. The van der Waals surface area contributed by atoms with Crippen LogP contribution in [0, 0.1) is 19.7 Å². The summed E-state index contributed by atoms with van der Waals surface area (Å²) in [5, 5.41) is 3.11. The molecule has 1 aromatic heterocycles. The van der Waals surface area contributed by atoms with Gasteiger partial charge in [0.1, 0.15) is 11.6 Å². The summed E-state index contributed by atoms with van der Waals surface area (Å²) in [4.78, 5) is 4.38. The molecule has 0 spiro atoms. The normalized spacial score (nSPS) is 10.3. The standard InChI is InChI=1S/C16H17FN2/c1-10(2)19-16-12(4)8-14(9-18-16)13-5-6-15(17)11(3)7-13/h5-9H,1H2,2-4H3,(H,18,19). The van der Waals surface area contributed by atoms with Gasteiger partial charge in [0.25, 0.3) is 0 Å². The number of hydrogen-bond acceptors (Lipinski definition) is 2. The van der Waals surface area contributed by atoms with Crippen LogP contribution in [-0.2, 0) is 0 Å². The minimum atomic E-state index is -0.186. The van der Waals surface area contributed by atoms with Crippen molar-refractivity contribution in [3.8, 4) is 11.1 Å². The van der Waals surface area contributed by atoms with Gasteiger partial charge in [-0.1, -0.05) is 12.6 Å². The molecule has 0 atom stereocenters. The molecule has 19 heavy (non-hydrogen) atoms. The number of pyridine rings is 1. The van der Waals surface area contributed by atoms with Crippen LogP contribution in [0.15, 0.2) is 42.7 Å². The van der Waals surface area contributed by atoms with Crippen LogP contribution >= 0.6 is 0 Å². The lowest BCUT2D eigenvalue weighted by atomic mass is 10.0. The highest BCUT2D eigenvalue weighted by Gasteiger charge is 2.05. The van der Waals surface area contributed by atoms with E-state index in [-0.39, 0.29) is 5.82 Å². The zero-order chi connectivity index (χ0) is 14.0. The molecule has 1 aromatic carbocycles. The van der Waals surface area contributed by atoms with E-state index < -0.39 is 0 Å². The van der Waals surface area contributed by atoms with Gasteiger partial charge in [0.05, 0.1) is 0 Å². The van der Waals surface area contributed by atoms with E-state index in [0.29, 0.717) is 5.56 Å². The Hall–Kier alpha value is -2.16. The predicted octanol–water partition coefficient (Wildman–Crippen LogP) is 4.45. The van der Waals surface area contributed by atoms with E-state index in [2.05, 4.69) is 16.9 Å². The van der Waals surface area contributed by atoms with E-state index >= 15 is 0 Å². The summed E-state index contributed by atoms with van der Waals surface area (Å²) in [7, 11) is 0. The van der Waals surface area contributed by atoms with Gasteiger partial charge in [0.2, 0.25) is 0 Å². The van der Waals surface area contributed by atoms with Gasteiger partial charge in [-0.2, -0.15) is 0 Å². The van der Waals surface area contributed by atoms with Crippen LogP contribution in [0.5, 0.6) is 0 Å². The third-order valence-corrected chi connectivity index (χ3v) is 2.90. The van der Waals surface area contributed by atoms with Crippen molar-refractivity contribution >= 4 is 5.82 Å². The van der Waals surface area contributed by atoms with Crippen molar-refractivity contribution in [2.45, 2.75) is 20.8 Å². The second kappa shape index (κ2) is 5.22. The maximum Gasteiger partial charge on any atom is 0.132 e. The lowest BCUT2D eigenvalue weighted by Crippen LogP contribution is -1.99. The molecule has 0 unspecified atom stereocenters. The maximum absolute atomic E-state index is 13.3. The Bertz CT molecular complexity index is 633. The van der Waals surface area contributed by atoms with Crippen molar-refractivity contribution in [2.75, 3.05) is 5.32 Å². The van der Waals surface area contributed by atoms with Crippen LogP contribution in [0.3, 0.4) is 0 Å². The second-order valence-corrected chi connectivity index (χ2v) is 4.76. The van der Waals surface area contributed by atoms with Crippen molar-refractivity contribution in [3.05, 3.63) is 59.7 Å². The fraction of sp³-hybridized carbons (Fsp3) is 0.188. The molecular weight excluding hydrogens is 239 g/mol. The van der Waals surface area contributed by atoms with Gasteiger partial charge in [-0.15, -0.1) is 0 Å². The van der Waals surface area contributed by atoms with Gasteiger partial charge in [-0.25, -0.2) is 9.37 Å². The van der Waals surface area contributed by atoms with Gasteiger partial charge < -0.3 is 5.32 Å². The number of nitrogens with one attached hydrogen (secondary N) is 1. The molecular formula is C16H17FN2. The smallest absolute Gasteiger partial charge is 0.132 e. The number of aromatic nitrogens is 1. The van der Waals surface area contributed by atoms with E-state index in [1.807, 2.05) is 26.0 Å². The van der Waals surface area contributed by atoms with Crippen LogP contribution in [0.4, 0.5) is 10.2 Å². The lowest BCUT2D eigenvalue weighted by Gasteiger charge is -2.10. The number of allylic oxidation sites excluding steroid dienone is 1. The number of benzene rings is 1. The van der Waals surface area contributed by atoms with Crippen molar-refractivity contribution < 1.29 is 4.39 Å². The van der Waals surface area contributed by atoms with Gasteiger partial charge in [0, 0.05) is 17.5 Å². The van der Waals surface area contributed by atoms with Crippen LogP contribution < -0.4 is 5.32 Å². The fourth-order valence-electron chi connectivity index (χ4n) is 1.89. The second-order valence-electron chi connectivity index (χ2n) is 4.76. The molecule has 0 aliphatic heterocycles. The first-order chi connectivity index (χ1) is 8.97. The quantitative estimate of drug-likeness (QED) is 0.877. The molecule has 1 N–H and O–H groups in total. The Kier molecular flexibility index (Phi) is 3.65. The highest BCUT2D eigenvalue weighted by atomic mass is 19.1. The number of hydrogen-bond donors (Lipinski definition) is 1. The number of halogens is 1. The first-order valence-corrected chi connectivity index (χ1v) is 6.13. The lowest BCUT2D eigenvalue weighted by molar-refractivity contribution is 0.619. The highest BCUT2D eigenvalue weighted by Crippen LogP contribution is 2.24. The minimum absolute atomic E-state index is 0.186. The van der Waals surface area contributed by atoms with Crippen LogP contribution in [0.25, 0.3) is 11.1 Å². The summed E-state index contributed by atoms with van der Waals surface area (Å²) in [6, 6.07) is 7.12. The van der Waals surface area contributed by atoms with E-state index in [0.717, 1.165) is 28.2 Å². The SMILES string of the molecule is C=C(C)Nc1ncc(-c2ccc(F)c(C)c2)cc1C. The number of aryl methyl sites for hydroxylation is 2. The molecule has 0 fully saturated rings. The minimum Gasteiger partial charge on any atom is -0.344 e. The van der Waals surface area contributed by atoms with Crippen molar-refractivity contribution in [2.24, 2.45) is 0 Å². The molecule has 0 bridgehead atoms. The third kappa shape index (κ3) is 2.99. The summed E-state index contributed by atoms with van der Waals surface area (Å²) < 4.78 is 13.3. The van der Waals surface area contributed by atoms with Gasteiger partial charge in [-0.3, -0.25) is 0 Å². The first-order valence-electron chi connectivity index (χ1n) is 6.13. The monoisotopic (exact) mass is 256 g/mol. The Morgan fingerprint density at radius 1 is 1.16 bits per heavy atom. The summed E-state index contributed by atoms with van der Waals surface area (Å²) in [5.74, 6) is 0.615. The fourth-order valence-corrected chi connectivity index (χ4v) is 1.89. The molecule has 1 heterocycles. The number of nitrogens with zero attached hydrogens (tertiary/aromatic N) is 1. The van der Waals surface area contributed by atoms with E-state index in [1.54, 1.807) is 19.2 Å². The zero-order valence-corrected chi connectivity index (χ0v) is 11.4. The van der Waals surface area contributed by atoms with Gasteiger partial charge in [-0.05, 0) is 55.7 Å². The molecule has 0 saturated carbocycles. The Balaban J connectivity index is 2.38. The third-order valence-electron chi connectivity index (χ3n) is 2.90. The molecule has 0 aliphatic carbocycles. The van der Waals surface area contributed by atoms with Crippen molar-refractivity contribution in [1.29, 1.82) is 0 Å². The zero-order valence-electron chi connectivity index (χ0n) is 11.4. The van der Waals surface area contributed by atoms with Gasteiger partial charge in [0.15, 0.2) is 0 Å². The van der Waals surface area contributed by atoms with Crippen molar-refractivity contribution in [1.82, 2.24) is 4.98 Å². The summed E-state index contributed by atoms with van der Waals surface area (Å²) in [5.41, 5.74) is 4.46. The Morgan fingerprint density at radius 2 is 1.84 bits per heavy atom. The van der Waals surface area contributed by atoms with E-state index in [1.165, 1.54) is 6.07 Å².